The summed E-state index contributed by atoms with van der Waals surface area (Å²) in [5, 5.41) is 2.85. The normalized spacial score (nSPS) is 10.7. The molecular weight excluding hydrogens is 332 g/mol. The molecule has 0 fully saturated rings. The van der Waals surface area contributed by atoms with Crippen molar-refractivity contribution < 1.29 is 4.79 Å². The molecule has 2 aromatic heterocycles. The molecule has 6 heteroatoms. The smallest absolute Gasteiger partial charge is 0.224 e. The predicted octanol–water partition coefficient (Wildman–Crippen LogP) is 3.29. The fourth-order valence-electron chi connectivity index (χ4n) is 2.02. The maximum atomic E-state index is 11.9. The lowest BCUT2D eigenvalue weighted by atomic mass is 10.2. The van der Waals surface area contributed by atoms with Crippen molar-refractivity contribution in [2.45, 2.75) is 12.8 Å². The maximum absolute atomic E-state index is 11.9. The van der Waals surface area contributed by atoms with Gasteiger partial charge in [0, 0.05) is 29.2 Å². The quantitative estimate of drug-likeness (QED) is 0.762. The molecule has 0 aliphatic heterocycles. The summed E-state index contributed by atoms with van der Waals surface area (Å²) in [6.45, 7) is 0. The van der Waals surface area contributed by atoms with Gasteiger partial charge in [-0.25, -0.2) is 9.97 Å². The number of fused-ring (bicyclic) bond motifs is 1. The van der Waals surface area contributed by atoms with Gasteiger partial charge < -0.3 is 10.3 Å². The number of imidazole rings is 1. The van der Waals surface area contributed by atoms with E-state index in [1.54, 1.807) is 6.20 Å². The summed E-state index contributed by atoms with van der Waals surface area (Å²) < 4.78 is 0.895. The van der Waals surface area contributed by atoms with Gasteiger partial charge in [-0.3, -0.25) is 4.79 Å². The van der Waals surface area contributed by atoms with Crippen molar-refractivity contribution in [3.63, 3.8) is 0 Å². The number of carbonyl (C=O) groups excluding carboxylic acids is 1. The first-order valence-electron chi connectivity index (χ1n) is 6.56. The summed E-state index contributed by atoms with van der Waals surface area (Å²) in [5.74, 6) is 0.731. The molecule has 3 rings (SSSR count). The number of amides is 1. The summed E-state index contributed by atoms with van der Waals surface area (Å²) in [6, 6.07) is 11.3. The van der Waals surface area contributed by atoms with E-state index in [1.807, 2.05) is 36.4 Å². The summed E-state index contributed by atoms with van der Waals surface area (Å²) in [5.41, 5.74) is 2.33. The predicted molar refractivity (Wildman–Crippen MR) is 85.0 cm³/mol. The monoisotopic (exact) mass is 344 g/mol. The number of benzene rings is 1. The third-order valence-corrected chi connectivity index (χ3v) is 3.43. The number of pyridine rings is 1. The number of aromatic amines is 1. The number of carbonyl (C=O) groups is 1. The molecule has 2 heterocycles. The van der Waals surface area contributed by atoms with Crippen LogP contribution in [-0.4, -0.2) is 20.9 Å². The highest BCUT2D eigenvalue weighted by Gasteiger charge is 2.07. The highest BCUT2D eigenvalue weighted by molar-refractivity contribution is 9.10. The Morgan fingerprint density at radius 3 is 2.90 bits per heavy atom. The molecule has 0 spiro atoms. The minimum absolute atomic E-state index is 0.0317. The number of anilines is 1. The first kappa shape index (κ1) is 13.8. The molecule has 0 bridgehead atoms. The van der Waals surface area contributed by atoms with E-state index < -0.39 is 0 Å². The average Bonchev–Trinajstić information content (AvgIpc) is 2.88. The Morgan fingerprint density at radius 1 is 1.29 bits per heavy atom. The van der Waals surface area contributed by atoms with E-state index >= 15 is 0 Å². The second-order valence-corrected chi connectivity index (χ2v) is 5.54. The number of nitrogens with one attached hydrogen (secondary N) is 2. The van der Waals surface area contributed by atoms with Crippen molar-refractivity contribution >= 4 is 38.7 Å². The SMILES string of the molecule is O=C(CCc1nc2ncc(Br)cc2[nH]1)Nc1ccccc1. The van der Waals surface area contributed by atoms with Gasteiger partial charge in [0.2, 0.25) is 5.91 Å². The Kier molecular flexibility index (Phi) is 3.96. The van der Waals surface area contributed by atoms with Crippen LogP contribution in [0, 0.1) is 0 Å². The molecule has 0 radical (unpaired) electrons. The summed E-state index contributed by atoms with van der Waals surface area (Å²) in [4.78, 5) is 23.6. The topological polar surface area (TPSA) is 70.7 Å². The molecule has 0 aliphatic rings. The molecular formula is C15H13BrN4O. The van der Waals surface area contributed by atoms with Crippen molar-refractivity contribution in [3.8, 4) is 0 Å². The van der Waals surface area contributed by atoms with E-state index in [-0.39, 0.29) is 5.91 Å². The second kappa shape index (κ2) is 6.05. The van der Waals surface area contributed by atoms with Crippen LogP contribution in [0.15, 0.2) is 47.1 Å². The van der Waals surface area contributed by atoms with Crippen LogP contribution < -0.4 is 5.32 Å². The molecule has 21 heavy (non-hydrogen) atoms. The standard InChI is InChI=1S/C15H13BrN4O/c16-10-8-12-15(17-9-10)20-13(19-12)6-7-14(21)18-11-4-2-1-3-5-11/h1-5,8-9H,6-7H2,(H,18,21)(H,17,19,20). The molecule has 1 amide bonds. The number of halogens is 1. The van der Waals surface area contributed by atoms with Crippen LogP contribution in [0.4, 0.5) is 5.69 Å². The van der Waals surface area contributed by atoms with Crippen LogP contribution in [0.5, 0.6) is 0 Å². The van der Waals surface area contributed by atoms with E-state index in [1.165, 1.54) is 0 Å². The Balaban J connectivity index is 1.62. The third-order valence-electron chi connectivity index (χ3n) is 3.00. The van der Waals surface area contributed by atoms with Crippen LogP contribution in [-0.2, 0) is 11.2 Å². The second-order valence-electron chi connectivity index (χ2n) is 4.62. The van der Waals surface area contributed by atoms with Crippen LogP contribution in [0.25, 0.3) is 11.2 Å². The van der Waals surface area contributed by atoms with Gasteiger partial charge in [0.25, 0.3) is 0 Å². The van der Waals surface area contributed by atoms with Gasteiger partial charge >= 0.3 is 0 Å². The lowest BCUT2D eigenvalue weighted by Gasteiger charge is -2.03. The van der Waals surface area contributed by atoms with Gasteiger partial charge in [-0.2, -0.15) is 0 Å². The van der Waals surface area contributed by atoms with Crippen LogP contribution in [0.3, 0.4) is 0 Å². The van der Waals surface area contributed by atoms with Crippen LogP contribution in [0.2, 0.25) is 0 Å². The lowest BCUT2D eigenvalue weighted by Crippen LogP contribution is -2.12. The van der Waals surface area contributed by atoms with E-state index in [0.717, 1.165) is 21.5 Å². The summed E-state index contributed by atoms with van der Waals surface area (Å²) >= 11 is 3.37. The lowest BCUT2D eigenvalue weighted by molar-refractivity contribution is -0.116. The fraction of sp³-hybridized carbons (Fsp3) is 0.133. The molecule has 3 aromatic rings. The number of nitrogens with zero attached hydrogens (tertiary/aromatic N) is 2. The van der Waals surface area contributed by atoms with E-state index in [4.69, 9.17) is 0 Å². The van der Waals surface area contributed by atoms with Crippen molar-refractivity contribution in [3.05, 3.63) is 52.9 Å². The summed E-state index contributed by atoms with van der Waals surface area (Å²) in [6.07, 6.45) is 2.62. The highest BCUT2D eigenvalue weighted by atomic mass is 79.9. The number of aryl methyl sites for hydroxylation is 1. The Labute approximate surface area is 129 Å². The molecule has 5 nitrogen and oxygen atoms in total. The Morgan fingerprint density at radius 2 is 2.10 bits per heavy atom. The van der Waals surface area contributed by atoms with Gasteiger partial charge in [0.15, 0.2) is 5.65 Å². The van der Waals surface area contributed by atoms with Crippen LogP contribution in [0.1, 0.15) is 12.2 Å². The molecule has 0 atom stereocenters. The molecule has 0 aliphatic carbocycles. The molecule has 106 valence electrons. The van der Waals surface area contributed by atoms with Crippen LogP contribution >= 0.6 is 15.9 Å². The zero-order valence-electron chi connectivity index (χ0n) is 11.1. The molecule has 1 aromatic carbocycles. The Hall–Kier alpha value is -2.21. The molecule has 0 saturated carbocycles. The Bertz CT molecular complexity index is 770. The first-order chi connectivity index (χ1) is 10.2. The van der Waals surface area contributed by atoms with Gasteiger partial charge in [-0.1, -0.05) is 18.2 Å². The molecule has 0 unspecified atom stereocenters. The third kappa shape index (κ3) is 3.46. The first-order valence-corrected chi connectivity index (χ1v) is 7.35. The number of hydrogen-bond acceptors (Lipinski definition) is 3. The number of hydrogen-bond donors (Lipinski definition) is 2. The maximum Gasteiger partial charge on any atom is 0.224 e. The van der Waals surface area contributed by atoms with Gasteiger partial charge in [-0.05, 0) is 34.1 Å². The van der Waals surface area contributed by atoms with E-state index in [9.17, 15) is 4.79 Å². The fourth-order valence-corrected chi connectivity index (χ4v) is 2.35. The van der Waals surface area contributed by atoms with Crippen molar-refractivity contribution in [2.75, 3.05) is 5.32 Å². The highest BCUT2D eigenvalue weighted by Crippen LogP contribution is 2.15. The van der Waals surface area contributed by atoms with Gasteiger partial charge in [0.05, 0.1) is 5.52 Å². The molecule has 0 saturated heterocycles. The van der Waals surface area contributed by atoms with Gasteiger partial charge in [0.1, 0.15) is 5.82 Å². The van der Waals surface area contributed by atoms with E-state index in [2.05, 4.69) is 36.2 Å². The number of rotatable bonds is 4. The van der Waals surface area contributed by atoms with Crippen molar-refractivity contribution in [1.29, 1.82) is 0 Å². The average molecular weight is 345 g/mol. The minimum atomic E-state index is -0.0317. The van der Waals surface area contributed by atoms with Crippen molar-refractivity contribution in [1.82, 2.24) is 15.0 Å². The largest absolute Gasteiger partial charge is 0.341 e. The van der Waals surface area contributed by atoms with Crippen molar-refractivity contribution in [2.24, 2.45) is 0 Å². The number of para-hydroxylation sites is 1. The minimum Gasteiger partial charge on any atom is -0.341 e. The van der Waals surface area contributed by atoms with E-state index in [0.29, 0.717) is 18.5 Å². The zero-order chi connectivity index (χ0) is 14.7. The number of H-pyrrole nitrogens is 1. The zero-order valence-corrected chi connectivity index (χ0v) is 12.7. The van der Waals surface area contributed by atoms with Gasteiger partial charge in [-0.15, -0.1) is 0 Å². The number of aromatic nitrogens is 3. The molecule has 2 N–H and O–H groups in total. The summed E-state index contributed by atoms with van der Waals surface area (Å²) in [7, 11) is 0.